The lowest BCUT2D eigenvalue weighted by Gasteiger charge is -2.32. The van der Waals surface area contributed by atoms with Crippen LogP contribution < -0.4 is 11.1 Å². The second-order valence-corrected chi connectivity index (χ2v) is 5.75. The van der Waals surface area contributed by atoms with Gasteiger partial charge in [0.1, 0.15) is 11.9 Å². The molecule has 1 fully saturated rings. The summed E-state index contributed by atoms with van der Waals surface area (Å²) in [5.74, 6) is -0.364. The third-order valence-corrected chi connectivity index (χ3v) is 3.94. The predicted molar refractivity (Wildman–Crippen MR) is 82.7 cm³/mol. The van der Waals surface area contributed by atoms with Crippen LogP contribution in [-0.4, -0.2) is 49.7 Å². The molecule has 22 heavy (non-hydrogen) atoms. The molecule has 1 aromatic rings. The predicted octanol–water partition coefficient (Wildman–Crippen LogP) is 0.880. The van der Waals surface area contributed by atoms with E-state index in [2.05, 4.69) is 10.2 Å². The van der Waals surface area contributed by atoms with Gasteiger partial charge in [-0.1, -0.05) is 12.1 Å². The Balaban J connectivity index is 1.73. The molecular weight excluding hydrogens is 285 g/mol. The number of hydrogen-bond donors (Lipinski definition) is 2. The second kappa shape index (κ2) is 8.22. The molecule has 0 saturated carbocycles. The minimum atomic E-state index is -0.609. The maximum Gasteiger partial charge on any atom is 0.239 e. The molecule has 1 unspecified atom stereocenters. The summed E-state index contributed by atoms with van der Waals surface area (Å²) in [5.41, 5.74) is 6.81. The number of piperidine rings is 1. The molecule has 0 bridgehead atoms. The number of rotatable bonds is 6. The first kappa shape index (κ1) is 16.9. The first-order valence-corrected chi connectivity index (χ1v) is 7.60. The Labute approximate surface area is 130 Å². The molecule has 0 spiro atoms. The normalized spacial score (nSPS) is 18.1. The Morgan fingerprint density at radius 3 is 2.64 bits per heavy atom. The van der Waals surface area contributed by atoms with E-state index in [1.807, 2.05) is 12.1 Å². The molecule has 6 heteroatoms. The highest BCUT2D eigenvalue weighted by molar-refractivity contribution is 5.81. The topological polar surface area (TPSA) is 67.6 Å². The van der Waals surface area contributed by atoms with Gasteiger partial charge in [-0.25, -0.2) is 4.39 Å². The van der Waals surface area contributed by atoms with E-state index in [9.17, 15) is 9.18 Å². The van der Waals surface area contributed by atoms with E-state index in [0.29, 0.717) is 0 Å². The van der Waals surface area contributed by atoms with Crippen LogP contribution in [0.4, 0.5) is 4.39 Å². The van der Waals surface area contributed by atoms with Crippen molar-refractivity contribution in [3.05, 3.63) is 35.6 Å². The smallest absolute Gasteiger partial charge is 0.239 e. The number of methoxy groups -OCH3 is 1. The largest absolute Gasteiger partial charge is 0.383 e. The average Bonchev–Trinajstić information content (AvgIpc) is 2.51. The van der Waals surface area contributed by atoms with Crippen LogP contribution in [0.25, 0.3) is 0 Å². The molecule has 1 aromatic carbocycles. The standard InChI is InChI=1S/C16H24FN3O2/c1-22-11-15(18)16(21)19-14-6-8-20(9-7-14)10-12-2-4-13(17)5-3-12/h2-5,14-15H,6-11,18H2,1H3,(H,19,21). The van der Waals surface area contributed by atoms with Crippen molar-refractivity contribution in [1.82, 2.24) is 10.2 Å². The monoisotopic (exact) mass is 309 g/mol. The Morgan fingerprint density at radius 2 is 2.05 bits per heavy atom. The highest BCUT2D eigenvalue weighted by atomic mass is 19.1. The summed E-state index contributed by atoms with van der Waals surface area (Å²) in [6.07, 6.45) is 1.79. The van der Waals surface area contributed by atoms with E-state index in [1.165, 1.54) is 19.2 Å². The SMILES string of the molecule is COCC(N)C(=O)NC1CCN(Cc2ccc(F)cc2)CC1. The molecule has 5 nitrogen and oxygen atoms in total. The van der Waals surface area contributed by atoms with Crippen molar-refractivity contribution in [1.29, 1.82) is 0 Å². The first-order chi connectivity index (χ1) is 10.6. The van der Waals surface area contributed by atoms with Gasteiger partial charge in [-0.05, 0) is 30.5 Å². The van der Waals surface area contributed by atoms with Gasteiger partial charge in [0.2, 0.25) is 5.91 Å². The van der Waals surface area contributed by atoms with Crippen molar-refractivity contribution in [2.45, 2.75) is 31.5 Å². The summed E-state index contributed by atoms with van der Waals surface area (Å²) in [5, 5.41) is 2.98. The van der Waals surface area contributed by atoms with Gasteiger partial charge in [-0.2, -0.15) is 0 Å². The zero-order valence-electron chi connectivity index (χ0n) is 12.9. The van der Waals surface area contributed by atoms with Crippen LogP contribution in [-0.2, 0) is 16.1 Å². The summed E-state index contributed by atoms with van der Waals surface area (Å²) >= 11 is 0. The van der Waals surface area contributed by atoms with Crippen molar-refractivity contribution >= 4 is 5.91 Å². The van der Waals surface area contributed by atoms with Crippen LogP contribution in [0.1, 0.15) is 18.4 Å². The Bertz CT molecular complexity index is 473. The van der Waals surface area contributed by atoms with Gasteiger partial charge in [-0.3, -0.25) is 9.69 Å². The summed E-state index contributed by atoms with van der Waals surface area (Å²) in [4.78, 5) is 14.2. The number of ether oxygens (including phenoxy) is 1. The summed E-state index contributed by atoms with van der Waals surface area (Å²) < 4.78 is 17.8. The molecule has 1 aliphatic rings. The number of nitrogens with two attached hydrogens (primary N) is 1. The Kier molecular flexibility index (Phi) is 6.30. The number of carbonyl (C=O) groups excluding carboxylic acids is 1. The number of hydrogen-bond acceptors (Lipinski definition) is 4. The van der Waals surface area contributed by atoms with Crippen molar-refractivity contribution < 1.29 is 13.9 Å². The lowest BCUT2D eigenvalue weighted by molar-refractivity contribution is -0.124. The molecule has 1 aliphatic heterocycles. The molecule has 1 atom stereocenters. The van der Waals surface area contributed by atoms with Gasteiger partial charge in [0.15, 0.2) is 0 Å². The van der Waals surface area contributed by atoms with Crippen LogP contribution >= 0.6 is 0 Å². The molecule has 2 rings (SSSR count). The summed E-state index contributed by atoms with van der Waals surface area (Å²) in [6.45, 7) is 2.85. The molecule has 0 aliphatic carbocycles. The third kappa shape index (κ3) is 5.05. The van der Waals surface area contributed by atoms with Gasteiger partial charge in [0.25, 0.3) is 0 Å². The highest BCUT2D eigenvalue weighted by Gasteiger charge is 2.22. The van der Waals surface area contributed by atoms with E-state index in [-0.39, 0.29) is 24.4 Å². The number of nitrogens with zero attached hydrogens (tertiary/aromatic N) is 1. The first-order valence-electron chi connectivity index (χ1n) is 7.60. The van der Waals surface area contributed by atoms with Crippen LogP contribution in [0, 0.1) is 5.82 Å². The van der Waals surface area contributed by atoms with Crippen molar-refractivity contribution in [3.8, 4) is 0 Å². The fourth-order valence-corrected chi connectivity index (χ4v) is 2.65. The molecule has 1 saturated heterocycles. The zero-order valence-corrected chi connectivity index (χ0v) is 12.9. The van der Waals surface area contributed by atoms with Gasteiger partial charge in [0.05, 0.1) is 6.61 Å². The number of nitrogens with one attached hydrogen (secondary N) is 1. The van der Waals surface area contributed by atoms with Crippen molar-refractivity contribution in [2.75, 3.05) is 26.8 Å². The lowest BCUT2D eigenvalue weighted by Crippen LogP contribution is -2.50. The summed E-state index contributed by atoms with van der Waals surface area (Å²) in [7, 11) is 1.53. The minimum Gasteiger partial charge on any atom is -0.383 e. The molecule has 0 radical (unpaired) electrons. The third-order valence-electron chi connectivity index (χ3n) is 3.94. The zero-order chi connectivity index (χ0) is 15.9. The second-order valence-electron chi connectivity index (χ2n) is 5.75. The molecular formula is C16H24FN3O2. The minimum absolute atomic E-state index is 0.154. The molecule has 1 amide bonds. The number of likely N-dealkylation sites (tertiary alicyclic amines) is 1. The summed E-state index contributed by atoms with van der Waals surface area (Å²) in [6, 6.07) is 6.15. The van der Waals surface area contributed by atoms with Gasteiger partial charge in [-0.15, -0.1) is 0 Å². The Hall–Kier alpha value is -1.50. The van der Waals surface area contributed by atoms with Crippen LogP contribution in [0.2, 0.25) is 0 Å². The van der Waals surface area contributed by atoms with E-state index >= 15 is 0 Å². The number of halogens is 1. The molecule has 3 N–H and O–H groups in total. The quantitative estimate of drug-likeness (QED) is 0.818. The maximum atomic E-state index is 12.9. The van der Waals surface area contributed by atoms with Crippen LogP contribution in [0.5, 0.6) is 0 Å². The van der Waals surface area contributed by atoms with E-state index in [4.69, 9.17) is 10.5 Å². The van der Waals surface area contributed by atoms with Crippen LogP contribution in [0.3, 0.4) is 0 Å². The molecule has 0 aromatic heterocycles. The van der Waals surface area contributed by atoms with Crippen molar-refractivity contribution in [2.24, 2.45) is 5.73 Å². The van der Waals surface area contributed by atoms with E-state index in [0.717, 1.165) is 38.0 Å². The number of benzene rings is 1. The fourth-order valence-electron chi connectivity index (χ4n) is 2.65. The van der Waals surface area contributed by atoms with Gasteiger partial charge < -0.3 is 15.8 Å². The average molecular weight is 309 g/mol. The molecule has 122 valence electrons. The lowest BCUT2D eigenvalue weighted by atomic mass is 10.0. The Morgan fingerprint density at radius 1 is 1.41 bits per heavy atom. The number of amides is 1. The van der Waals surface area contributed by atoms with Crippen LogP contribution in [0.15, 0.2) is 24.3 Å². The molecule has 1 heterocycles. The van der Waals surface area contributed by atoms with Crippen molar-refractivity contribution in [3.63, 3.8) is 0 Å². The van der Waals surface area contributed by atoms with Gasteiger partial charge >= 0.3 is 0 Å². The number of carbonyl (C=O) groups is 1. The van der Waals surface area contributed by atoms with Gasteiger partial charge in [0, 0.05) is 32.8 Å². The van der Waals surface area contributed by atoms with E-state index < -0.39 is 6.04 Å². The van der Waals surface area contributed by atoms with E-state index in [1.54, 1.807) is 0 Å². The maximum absolute atomic E-state index is 12.9. The highest BCUT2D eigenvalue weighted by Crippen LogP contribution is 2.14. The fraction of sp³-hybridized carbons (Fsp3) is 0.562.